The van der Waals surface area contributed by atoms with Crippen molar-refractivity contribution in [2.45, 2.75) is 45.2 Å². The van der Waals surface area contributed by atoms with Crippen LogP contribution in [0.4, 0.5) is 0 Å². The van der Waals surface area contributed by atoms with Crippen LogP contribution in [-0.4, -0.2) is 34.6 Å². The van der Waals surface area contributed by atoms with Gasteiger partial charge in [0.25, 0.3) is 0 Å². The molecule has 0 aromatic heterocycles. The number of nitrogens with zero attached hydrogens (tertiary/aromatic N) is 1. The van der Waals surface area contributed by atoms with Gasteiger partial charge in [-0.2, -0.15) is 0 Å². The molecule has 1 aliphatic rings. The van der Waals surface area contributed by atoms with Gasteiger partial charge in [0.05, 0.1) is 0 Å². The third-order valence-electron chi connectivity index (χ3n) is 3.30. The molecular weight excluding hydrogens is 166 g/mol. The first-order valence-corrected chi connectivity index (χ1v) is 4.82. The van der Waals surface area contributed by atoms with E-state index in [1.807, 2.05) is 11.9 Å². The van der Waals surface area contributed by atoms with Crippen molar-refractivity contribution in [2.24, 2.45) is 5.92 Å². The van der Waals surface area contributed by atoms with Crippen molar-refractivity contribution in [3.8, 4) is 0 Å². The summed E-state index contributed by atoms with van der Waals surface area (Å²) >= 11 is 0. The van der Waals surface area contributed by atoms with Crippen LogP contribution >= 0.6 is 0 Å². The molecule has 0 saturated heterocycles. The predicted molar refractivity (Wildman–Crippen MR) is 51.7 cm³/mol. The highest BCUT2D eigenvalue weighted by Gasteiger charge is 2.40. The van der Waals surface area contributed by atoms with Gasteiger partial charge in [-0.3, -0.25) is 9.69 Å². The third-order valence-corrected chi connectivity index (χ3v) is 3.30. The monoisotopic (exact) mass is 185 g/mol. The Morgan fingerprint density at radius 1 is 1.46 bits per heavy atom. The van der Waals surface area contributed by atoms with E-state index in [1.165, 1.54) is 0 Å². The molecule has 3 nitrogen and oxygen atoms in total. The Labute approximate surface area is 79.7 Å². The standard InChI is InChI=1S/C10H19NO2/c1-7-5-8(6-7)11(4)10(2,3)9(12)13/h7-8H,5-6H2,1-4H3,(H,12,13). The fraction of sp³-hybridized carbons (Fsp3) is 0.900. The van der Waals surface area contributed by atoms with Crippen LogP contribution in [0, 0.1) is 5.92 Å². The van der Waals surface area contributed by atoms with Crippen LogP contribution in [0.2, 0.25) is 0 Å². The van der Waals surface area contributed by atoms with Gasteiger partial charge in [0.1, 0.15) is 5.54 Å². The van der Waals surface area contributed by atoms with Crippen molar-refractivity contribution in [1.29, 1.82) is 0 Å². The lowest BCUT2D eigenvalue weighted by molar-refractivity contribution is -0.151. The van der Waals surface area contributed by atoms with Gasteiger partial charge in [0, 0.05) is 6.04 Å². The molecular formula is C10H19NO2. The number of carbonyl (C=O) groups is 1. The van der Waals surface area contributed by atoms with Crippen LogP contribution < -0.4 is 0 Å². The smallest absolute Gasteiger partial charge is 0.323 e. The van der Waals surface area contributed by atoms with Gasteiger partial charge in [-0.1, -0.05) is 6.92 Å². The Balaban J connectivity index is 2.56. The lowest BCUT2D eigenvalue weighted by atomic mass is 9.79. The minimum atomic E-state index is -0.741. The highest BCUT2D eigenvalue weighted by molar-refractivity contribution is 5.77. The number of carboxylic acids is 1. The molecule has 1 N–H and O–H groups in total. The molecule has 0 atom stereocenters. The number of rotatable bonds is 3. The Morgan fingerprint density at radius 3 is 2.23 bits per heavy atom. The Morgan fingerprint density at radius 2 is 1.92 bits per heavy atom. The van der Waals surface area contributed by atoms with Crippen LogP contribution in [-0.2, 0) is 4.79 Å². The summed E-state index contributed by atoms with van der Waals surface area (Å²) in [7, 11) is 1.91. The van der Waals surface area contributed by atoms with E-state index in [0.717, 1.165) is 18.8 Å². The molecule has 0 spiro atoms. The van der Waals surface area contributed by atoms with Gasteiger partial charge < -0.3 is 5.11 Å². The fourth-order valence-corrected chi connectivity index (χ4v) is 1.78. The van der Waals surface area contributed by atoms with Crippen LogP contribution in [0.1, 0.15) is 33.6 Å². The molecule has 1 aliphatic carbocycles. The van der Waals surface area contributed by atoms with Crippen molar-refractivity contribution in [2.75, 3.05) is 7.05 Å². The Kier molecular flexibility index (Phi) is 2.66. The zero-order valence-electron chi connectivity index (χ0n) is 8.87. The second kappa shape index (κ2) is 3.29. The van der Waals surface area contributed by atoms with E-state index < -0.39 is 11.5 Å². The zero-order chi connectivity index (χ0) is 10.2. The summed E-state index contributed by atoms with van der Waals surface area (Å²) in [5.74, 6) is 0.0200. The lowest BCUT2D eigenvalue weighted by Gasteiger charge is -2.45. The molecule has 0 aliphatic heterocycles. The number of aliphatic carboxylic acids is 1. The topological polar surface area (TPSA) is 40.5 Å². The molecule has 0 unspecified atom stereocenters. The van der Waals surface area contributed by atoms with Crippen LogP contribution in [0.15, 0.2) is 0 Å². The normalized spacial score (nSPS) is 28.7. The first kappa shape index (κ1) is 10.5. The van der Waals surface area contributed by atoms with Gasteiger partial charge in [0.2, 0.25) is 0 Å². The van der Waals surface area contributed by atoms with Crippen molar-refractivity contribution >= 4 is 5.97 Å². The third kappa shape index (κ3) is 1.85. The van der Waals surface area contributed by atoms with E-state index >= 15 is 0 Å². The number of hydrogen-bond acceptors (Lipinski definition) is 2. The largest absolute Gasteiger partial charge is 0.480 e. The Hall–Kier alpha value is -0.570. The number of carboxylic acid groups (broad SMARTS) is 1. The molecule has 0 heterocycles. The van der Waals surface area contributed by atoms with E-state index in [0.29, 0.717) is 6.04 Å². The zero-order valence-corrected chi connectivity index (χ0v) is 8.87. The summed E-state index contributed by atoms with van der Waals surface area (Å²) < 4.78 is 0. The average molecular weight is 185 g/mol. The predicted octanol–water partition coefficient (Wildman–Crippen LogP) is 1.58. The minimum absolute atomic E-state index is 0.459. The lowest BCUT2D eigenvalue weighted by Crippen LogP contribution is -2.56. The van der Waals surface area contributed by atoms with E-state index in [1.54, 1.807) is 13.8 Å². The van der Waals surface area contributed by atoms with E-state index in [9.17, 15) is 4.79 Å². The van der Waals surface area contributed by atoms with Gasteiger partial charge in [-0.05, 0) is 39.7 Å². The first-order chi connectivity index (χ1) is 5.85. The fourth-order valence-electron chi connectivity index (χ4n) is 1.78. The van der Waals surface area contributed by atoms with E-state index in [-0.39, 0.29) is 0 Å². The molecule has 76 valence electrons. The highest BCUT2D eigenvalue weighted by atomic mass is 16.4. The molecule has 0 radical (unpaired) electrons. The molecule has 1 rings (SSSR count). The highest BCUT2D eigenvalue weighted by Crippen LogP contribution is 2.33. The van der Waals surface area contributed by atoms with Gasteiger partial charge >= 0.3 is 5.97 Å². The number of likely N-dealkylation sites (N-methyl/N-ethyl adjacent to an activating group) is 1. The molecule has 0 aromatic rings. The SMILES string of the molecule is CC1CC(N(C)C(C)(C)C(=O)O)C1. The quantitative estimate of drug-likeness (QED) is 0.725. The summed E-state index contributed by atoms with van der Waals surface area (Å²) in [5, 5.41) is 9.00. The maximum Gasteiger partial charge on any atom is 0.323 e. The van der Waals surface area contributed by atoms with Crippen molar-refractivity contribution in [1.82, 2.24) is 4.90 Å². The summed E-state index contributed by atoms with van der Waals surface area (Å²) in [6, 6.07) is 0.459. The van der Waals surface area contributed by atoms with Gasteiger partial charge in [-0.25, -0.2) is 0 Å². The summed E-state index contributed by atoms with van der Waals surface area (Å²) in [6.45, 7) is 5.73. The van der Waals surface area contributed by atoms with Crippen molar-refractivity contribution < 1.29 is 9.90 Å². The summed E-state index contributed by atoms with van der Waals surface area (Å²) in [6.07, 6.45) is 2.26. The molecule has 13 heavy (non-hydrogen) atoms. The van der Waals surface area contributed by atoms with E-state index in [2.05, 4.69) is 6.92 Å². The number of hydrogen-bond donors (Lipinski definition) is 1. The van der Waals surface area contributed by atoms with Crippen LogP contribution in [0.25, 0.3) is 0 Å². The van der Waals surface area contributed by atoms with Crippen LogP contribution in [0.5, 0.6) is 0 Å². The summed E-state index contributed by atoms with van der Waals surface area (Å²) in [4.78, 5) is 12.9. The van der Waals surface area contributed by atoms with Gasteiger partial charge in [0.15, 0.2) is 0 Å². The maximum atomic E-state index is 10.9. The first-order valence-electron chi connectivity index (χ1n) is 4.82. The molecule has 0 amide bonds. The van der Waals surface area contributed by atoms with Crippen molar-refractivity contribution in [3.63, 3.8) is 0 Å². The molecule has 3 heteroatoms. The maximum absolute atomic E-state index is 10.9. The van der Waals surface area contributed by atoms with Gasteiger partial charge in [-0.15, -0.1) is 0 Å². The molecule has 1 saturated carbocycles. The molecule has 0 aromatic carbocycles. The second-order valence-corrected chi connectivity index (χ2v) is 4.71. The summed E-state index contributed by atoms with van der Waals surface area (Å²) in [5.41, 5.74) is -0.731. The Bertz CT molecular complexity index is 207. The second-order valence-electron chi connectivity index (χ2n) is 4.71. The van der Waals surface area contributed by atoms with Crippen molar-refractivity contribution in [3.05, 3.63) is 0 Å². The molecule has 1 fully saturated rings. The molecule has 0 bridgehead atoms. The average Bonchev–Trinajstić information content (AvgIpc) is 1.97. The van der Waals surface area contributed by atoms with E-state index in [4.69, 9.17) is 5.11 Å². The van der Waals surface area contributed by atoms with Crippen LogP contribution in [0.3, 0.4) is 0 Å². The minimum Gasteiger partial charge on any atom is -0.480 e.